The number of hydrogen-bond acceptors (Lipinski definition) is 2. The predicted octanol–water partition coefficient (Wildman–Crippen LogP) is 4.20. The van der Waals surface area contributed by atoms with Crippen molar-refractivity contribution in [3.05, 3.63) is 48.6 Å². The molecule has 1 unspecified atom stereocenters. The largest absolute Gasteiger partial charge is 0.445 e. The normalized spacial score (nSPS) is 12.5. The van der Waals surface area contributed by atoms with Crippen LogP contribution in [0, 0.1) is 0 Å². The van der Waals surface area contributed by atoms with E-state index in [1.807, 2.05) is 5.32 Å². The van der Waals surface area contributed by atoms with Crippen LogP contribution < -0.4 is 5.32 Å². The van der Waals surface area contributed by atoms with E-state index in [2.05, 4.69) is 6.58 Å². The Morgan fingerprint density at radius 2 is 2.00 bits per heavy atom. The maximum Gasteiger partial charge on any atom is 0.408 e. The van der Waals surface area contributed by atoms with Gasteiger partial charge in [0.05, 0.1) is 0 Å². The van der Waals surface area contributed by atoms with E-state index in [1.165, 1.54) is 0 Å². The van der Waals surface area contributed by atoms with Crippen LogP contribution in [-0.4, -0.2) is 18.3 Å². The van der Waals surface area contributed by atoms with Gasteiger partial charge in [-0.3, -0.25) is 0 Å². The van der Waals surface area contributed by atoms with Crippen molar-refractivity contribution in [1.82, 2.24) is 5.32 Å². The highest BCUT2D eigenvalue weighted by molar-refractivity contribution is 5.67. The lowest BCUT2D eigenvalue weighted by Crippen LogP contribution is -2.45. The van der Waals surface area contributed by atoms with E-state index in [0.29, 0.717) is 18.4 Å². The molecule has 1 atom stereocenters. The molecule has 116 valence electrons. The van der Waals surface area contributed by atoms with Gasteiger partial charge in [-0.2, -0.15) is 13.2 Å². The lowest BCUT2D eigenvalue weighted by atomic mass is 10.1. The highest BCUT2D eigenvalue weighted by Gasteiger charge is 2.40. The molecule has 0 heterocycles. The monoisotopic (exact) mass is 301 g/mol. The van der Waals surface area contributed by atoms with Crippen LogP contribution in [0.4, 0.5) is 18.0 Å². The third-order valence-corrected chi connectivity index (χ3v) is 2.80. The van der Waals surface area contributed by atoms with Gasteiger partial charge in [-0.05, 0) is 24.8 Å². The first kappa shape index (κ1) is 17.1. The summed E-state index contributed by atoms with van der Waals surface area (Å²) in [6, 6.07) is 6.84. The molecule has 1 aromatic carbocycles. The fourth-order valence-electron chi connectivity index (χ4n) is 1.69. The van der Waals surface area contributed by atoms with Crippen LogP contribution in [0.25, 0.3) is 0 Å². The molecule has 1 aromatic rings. The van der Waals surface area contributed by atoms with Crippen LogP contribution in [0.2, 0.25) is 0 Å². The standard InChI is InChI=1S/C15H18F3NO2/c1-2-3-5-10-13(15(16,17)18)19-14(20)21-11-12-8-6-4-7-9-12/h2,4,6-9,13H,1,3,5,10-11H2,(H,19,20). The zero-order valence-corrected chi connectivity index (χ0v) is 11.5. The Morgan fingerprint density at radius 3 is 2.57 bits per heavy atom. The molecule has 0 aromatic heterocycles. The van der Waals surface area contributed by atoms with Crippen molar-refractivity contribution < 1.29 is 22.7 Å². The van der Waals surface area contributed by atoms with Gasteiger partial charge >= 0.3 is 12.3 Å². The number of benzene rings is 1. The summed E-state index contributed by atoms with van der Waals surface area (Å²) in [4.78, 5) is 11.5. The Morgan fingerprint density at radius 1 is 1.33 bits per heavy atom. The lowest BCUT2D eigenvalue weighted by Gasteiger charge is -2.21. The minimum atomic E-state index is -4.49. The average Bonchev–Trinajstić information content (AvgIpc) is 2.44. The summed E-state index contributed by atoms with van der Waals surface area (Å²) in [5.74, 6) is 0. The van der Waals surface area contributed by atoms with Gasteiger partial charge in [0, 0.05) is 0 Å². The van der Waals surface area contributed by atoms with Gasteiger partial charge in [-0.25, -0.2) is 4.79 Å². The third kappa shape index (κ3) is 6.83. The molecule has 1 amide bonds. The summed E-state index contributed by atoms with van der Waals surface area (Å²) in [7, 11) is 0. The van der Waals surface area contributed by atoms with Gasteiger partial charge in [0.2, 0.25) is 0 Å². The molecule has 21 heavy (non-hydrogen) atoms. The number of halogens is 3. The smallest absolute Gasteiger partial charge is 0.408 e. The summed E-state index contributed by atoms with van der Waals surface area (Å²) in [6.45, 7) is 3.38. The first-order valence-electron chi connectivity index (χ1n) is 6.58. The summed E-state index contributed by atoms with van der Waals surface area (Å²) >= 11 is 0. The quantitative estimate of drug-likeness (QED) is 0.605. The number of alkyl halides is 3. The predicted molar refractivity (Wildman–Crippen MR) is 73.7 cm³/mol. The second kappa shape index (κ2) is 8.34. The number of ether oxygens (including phenoxy) is 1. The van der Waals surface area contributed by atoms with E-state index >= 15 is 0 Å². The van der Waals surface area contributed by atoms with Gasteiger partial charge in [0.25, 0.3) is 0 Å². The Bertz CT molecular complexity index is 446. The molecule has 1 N–H and O–H groups in total. The van der Waals surface area contributed by atoms with Gasteiger partial charge in [0.1, 0.15) is 12.6 Å². The number of nitrogens with one attached hydrogen (secondary N) is 1. The van der Waals surface area contributed by atoms with Crippen molar-refractivity contribution in [2.24, 2.45) is 0 Å². The van der Waals surface area contributed by atoms with Gasteiger partial charge < -0.3 is 10.1 Å². The van der Waals surface area contributed by atoms with E-state index in [1.54, 1.807) is 36.4 Å². The molecule has 6 heteroatoms. The second-order valence-electron chi connectivity index (χ2n) is 4.52. The van der Waals surface area contributed by atoms with Crippen molar-refractivity contribution in [1.29, 1.82) is 0 Å². The molecule has 0 fully saturated rings. The molecule has 0 bridgehead atoms. The Balaban J connectivity index is 2.46. The second-order valence-corrected chi connectivity index (χ2v) is 4.52. The average molecular weight is 301 g/mol. The van der Waals surface area contributed by atoms with E-state index in [-0.39, 0.29) is 13.0 Å². The molecular formula is C15H18F3NO2. The Kier molecular flexibility index (Phi) is 6.78. The molecule has 0 aliphatic heterocycles. The summed E-state index contributed by atoms with van der Waals surface area (Å²) in [5.41, 5.74) is 0.711. The highest BCUT2D eigenvalue weighted by atomic mass is 19.4. The van der Waals surface area contributed by atoms with Gasteiger partial charge in [-0.1, -0.05) is 36.4 Å². The Labute approximate surface area is 121 Å². The van der Waals surface area contributed by atoms with Crippen LogP contribution in [0.5, 0.6) is 0 Å². The van der Waals surface area contributed by atoms with Crippen LogP contribution in [0.15, 0.2) is 43.0 Å². The zero-order chi connectivity index (χ0) is 15.7. The minimum Gasteiger partial charge on any atom is -0.445 e. The fraction of sp³-hybridized carbons (Fsp3) is 0.400. The van der Waals surface area contributed by atoms with Crippen LogP contribution >= 0.6 is 0 Å². The van der Waals surface area contributed by atoms with E-state index in [4.69, 9.17) is 4.74 Å². The number of amides is 1. The number of allylic oxidation sites excluding steroid dienone is 1. The molecular weight excluding hydrogens is 283 g/mol. The first-order valence-corrected chi connectivity index (χ1v) is 6.58. The SMILES string of the molecule is C=CCCCC(NC(=O)OCc1ccccc1)C(F)(F)F. The highest BCUT2D eigenvalue weighted by Crippen LogP contribution is 2.24. The number of carbonyl (C=O) groups is 1. The fourth-order valence-corrected chi connectivity index (χ4v) is 1.69. The van der Waals surface area contributed by atoms with Crippen molar-refractivity contribution in [3.63, 3.8) is 0 Å². The molecule has 0 saturated heterocycles. The van der Waals surface area contributed by atoms with Crippen LogP contribution in [0.1, 0.15) is 24.8 Å². The van der Waals surface area contributed by atoms with E-state index < -0.39 is 18.3 Å². The molecule has 0 aliphatic rings. The maximum absolute atomic E-state index is 12.8. The van der Waals surface area contributed by atoms with Crippen molar-refractivity contribution in [2.75, 3.05) is 0 Å². The van der Waals surface area contributed by atoms with Crippen LogP contribution in [-0.2, 0) is 11.3 Å². The number of alkyl carbamates (subject to hydrolysis) is 1. The van der Waals surface area contributed by atoms with Gasteiger partial charge in [0.15, 0.2) is 0 Å². The van der Waals surface area contributed by atoms with Crippen molar-refractivity contribution in [3.8, 4) is 0 Å². The van der Waals surface area contributed by atoms with Crippen molar-refractivity contribution >= 4 is 6.09 Å². The zero-order valence-electron chi connectivity index (χ0n) is 11.5. The summed E-state index contributed by atoms with van der Waals surface area (Å²) in [5, 5.41) is 1.87. The van der Waals surface area contributed by atoms with E-state index in [9.17, 15) is 18.0 Å². The topological polar surface area (TPSA) is 38.3 Å². The molecule has 0 spiro atoms. The number of hydrogen-bond donors (Lipinski definition) is 1. The Hall–Kier alpha value is -1.98. The summed E-state index contributed by atoms with van der Waals surface area (Å²) < 4.78 is 43.1. The molecule has 0 radical (unpaired) electrons. The molecule has 0 saturated carbocycles. The summed E-state index contributed by atoms with van der Waals surface area (Å²) in [6.07, 6.45) is -3.45. The van der Waals surface area contributed by atoms with Crippen LogP contribution in [0.3, 0.4) is 0 Å². The number of carbonyl (C=O) groups excluding carboxylic acids is 1. The molecule has 0 aliphatic carbocycles. The van der Waals surface area contributed by atoms with Gasteiger partial charge in [-0.15, -0.1) is 6.58 Å². The van der Waals surface area contributed by atoms with E-state index in [0.717, 1.165) is 0 Å². The lowest BCUT2D eigenvalue weighted by molar-refractivity contribution is -0.156. The number of unbranched alkanes of at least 4 members (excludes halogenated alkanes) is 1. The maximum atomic E-state index is 12.8. The molecule has 1 rings (SSSR count). The van der Waals surface area contributed by atoms with Crippen molar-refractivity contribution in [2.45, 2.75) is 38.1 Å². The number of rotatable bonds is 7. The third-order valence-electron chi connectivity index (χ3n) is 2.80. The molecule has 3 nitrogen and oxygen atoms in total. The minimum absolute atomic E-state index is 0.0656. The first-order chi connectivity index (χ1) is 9.93.